The van der Waals surface area contributed by atoms with E-state index in [-0.39, 0.29) is 11.7 Å². The number of aliphatic imine (C=N–C) groups is 1. The molecule has 1 amide bonds. The summed E-state index contributed by atoms with van der Waals surface area (Å²) >= 11 is 0. The third kappa shape index (κ3) is 5.02. The molecule has 0 unspecified atom stereocenters. The molecular formula is C25H23N5O2. The van der Waals surface area contributed by atoms with E-state index in [0.717, 1.165) is 22.6 Å². The number of H-pyrrole nitrogens is 1. The van der Waals surface area contributed by atoms with Gasteiger partial charge in [-0.2, -0.15) is 5.10 Å². The molecule has 160 valence electrons. The number of aromatic nitrogens is 2. The topological polar surface area (TPSA) is 91.4 Å². The molecule has 7 heteroatoms. The number of aromatic amines is 1. The van der Waals surface area contributed by atoms with Gasteiger partial charge < -0.3 is 15.4 Å². The van der Waals surface area contributed by atoms with Crippen molar-refractivity contribution >= 4 is 35.1 Å². The first-order chi connectivity index (χ1) is 15.6. The molecule has 1 aromatic heterocycles. The molecule has 0 bridgehead atoms. The molecule has 3 aromatic carbocycles. The predicted octanol–water partition coefficient (Wildman–Crippen LogP) is 5.47. The van der Waals surface area contributed by atoms with Crippen molar-refractivity contribution in [1.29, 1.82) is 0 Å². The zero-order valence-electron chi connectivity index (χ0n) is 17.8. The molecule has 0 saturated carbocycles. The first-order valence-electron chi connectivity index (χ1n) is 10.1. The summed E-state index contributed by atoms with van der Waals surface area (Å²) in [4.78, 5) is 17.7. The summed E-state index contributed by atoms with van der Waals surface area (Å²) in [6, 6.07) is 24.6. The third-order valence-corrected chi connectivity index (χ3v) is 4.78. The lowest BCUT2D eigenvalue weighted by Crippen LogP contribution is -2.13. The Morgan fingerprint density at radius 2 is 1.66 bits per heavy atom. The van der Waals surface area contributed by atoms with Gasteiger partial charge in [-0.3, -0.25) is 9.89 Å². The van der Waals surface area contributed by atoms with Crippen LogP contribution < -0.4 is 15.4 Å². The van der Waals surface area contributed by atoms with Gasteiger partial charge in [-0.15, -0.1) is 0 Å². The fourth-order valence-corrected chi connectivity index (χ4v) is 3.06. The minimum absolute atomic E-state index is 0.287. The minimum Gasteiger partial charge on any atom is -0.497 e. The van der Waals surface area contributed by atoms with Gasteiger partial charge in [0.15, 0.2) is 5.82 Å². The Kier molecular flexibility index (Phi) is 6.27. The summed E-state index contributed by atoms with van der Waals surface area (Å²) in [6.07, 6.45) is 1.68. The summed E-state index contributed by atoms with van der Waals surface area (Å²) in [5.74, 6) is 1.15. The SMILES string of the molecule is COc1ccc(Nc2[nH]nc(N=Cc3ccccc3)c2C(=O)Nc2ccc(C)cc2)cc1. The molecule has 7 nitrogen and oxygen atoms in total. The quantitative estimate of drug-likeness (QED) is 0.342. The Balaban J connectivity index is 1.65. The molecule has 0 spiro atoms. The Morgan fingerprint density at radius 3 is 2.34 bits per heavy atom. The molecule has 0 aliphatic carbocycles. The Morgan fingerprint density at radius 1 is 0.969 bits per heavy atom. The van der Waals surface area contributed by atoms with Crippen LogP contribution in [0.2, 0.25) is 0 Å². The van der Waals surface area contributed by atoms with Crippen molar-refractivity contribution in [3.8, 4) is 5.75 Å². The molecule has 32 heavy (non-hydrogen) atoms. The predicted molar refractivity (Wildman–Crippen MR) is 128 cm³/mol. The van der Waals surface area contributed by atoms with E-state index >= 15 is 0 Å². The van der Waals surface area contributed by atoms with Crippen molar-refractivity contribution in [2.75, 3.05) is 17.7 Å². The summed E-state index contributed by atoms with van der Waals surface area (Å²) < 4.78 is 5.20. The standard InChI is InChI=1S/C25H23N5O2/c1-17-8-10-20(11-9-17)28-25(31)22-23(26-16-18-6-4-3-5-7-18)29-30-24(22)27-19-12-14-21(32-2)15-13-19/h3-16H,1-2H3,(H,28,31)(H2,27,29,30). The van der Waals surface area contributed by atoms with Gasteiger partial charge in [-0.05, 0) is 48.9 Å². The van der Waals surface area contributed by atoms with Crippen LogP contribution in [0, 0.1) is 6.92 Å². The number of carbonyl (C=O) groups is 1. The van der Waals surface area contributed by atoms with Gasteiger partial charge in [0, 0.05) is 17.6 Å². The highest BCUT2D eigenvalue weighted by atomic mass is 16.5. The van der Waals surface area contributed by atoms with E-state index in [4.69, 9.17) is 4.74 Å². The molecule has 3 N–H and O–H groups in total. The van der Waals surface area contributed by atoms with Gasteiger partial charge in [0.1, 0.15) is 17.1 Å². The molecule has 0 radical (unpaired) electrons. The molecular weight excluding hydrogens is 402 g/mol. The molecule has 4 aromatic rings. The number of nitrogens with one attached hydrogen (secondary N) is 3. The van der Waals surface area contributed by atoms with E-state index in [2.05, 4.69) is 25.8 Å². The van der Waals surface area contributed by atoms with E-state index in [1.165, 1.54) is 0 Å². The van der Waals surface area contributed by atoms with Gasteiger partial charge in [0.25, 0.3) is 5.91 Å². The number of methoxy groups -OCH3 is 1. The summed E-state index contributed by atoms with van der Waals surface area (Å²) in [5, 5.41) is 13.3. The van der Waals surface area contributed by atoms with Crippen LogP contribution in [0.4, 0.5) is 23.0 Å². The van der Waals surface area contributed by atoms with Crippen molar-refractivity contribution in [3.05, 3.63) is 95.6 Å². The van der Waals surface area contributed by atoms with Crippen LogP contribution in [-0.4, -0.2) is 29.4 Å². The van der Waals surface area contributed by atoms with Crippen LogP contribution in [0.3, 0.4) is 0 Å². The first-order valence-corrected chi connectivity index (χ1v) is 10.1. The smallest absolute Gasteiger partial charge is 0.263 e. The number of amides is 1. The van der Waals surface area contributed by atoms with Crippen LogP contribution in [0.15, 0.2) is 83.9 Å². The second kappa shape index (κ2) is 9.61. The number of ether oxygens (including phenoxy) is 1. The second-order valence-electron chi connectivity index (χ2n) is 7.14. The van der Waals surface area contributed by atoms with Gasteiger partial charge in [-0.25, -0.2) is 4.99 Å². The van der Waals surface area contributed by atoms with Crippen LogP contribution >= 0.6 is 0 Å². The van der Waals surface area contributed by atoms with Crippen molar-refractivity contribution in [2.45, 2.75) is 6.92 Å². The second-order valence-corrected chi connectivity index (χ2v) is 7.14. The van der Waals surface area contributed by atoms with E-state index in [0.29, 0.717) is 17.1 Å². The van der Waals surface area contributed by atoms with E-state index < -0.39 is 0 Å². The van der Waals surface area contributed by atoms with Crippen molar-refractivity contribution in [1.82, 2.24) is 10.2 Å². The number of hydrogen-bond donors (Lipinski definition) is 3. The lowest BCUT2D eigenvalue weighted by atomic mass is 10.2. The van der Waals surface area contributed by atoms with Gasteiger partial charge in [-0.1, -0.05) is 48.0 Å². The van der Waals surface area contributed by atoms with Crippen LogP contribution in [-0.2, 0) is 0 Å². The number of anilines is 3. The average molecular weight is 425 g/mol. The maximum absolute atomic E-state index is 13.2. The highest BCUT2D eigenvalue weighted by molar-refractivity contribution is 6.11. The maximum atomic E-state index is 13.2. The van der Waals surface area contributed by atoms with E-state index in [9.17, 15) is 4.79 Å². The summed E-state index contributed by atoms with van der Waals surface area (Å²) in [5.41, 5.74) is 3.80. The third-order valence-electron chi connectivity index (χ3n) is 4.78. The van der Waals surface area contributed by atoms with Crippen LogP contribution in [0.25, 0.3) is 0 Å². The molecule has 0 aliphatic heterocycles. The molecule has 1 heterocycles. The lowest BCUT2D eigenvalue weighted by Gasteiger charge is -2.09. The fourth-order valence-electron chi connectivity index (χ4n) is 3.06. The van der Waals surface area contributed by atoms with E-state index in [1.807, 2.05) is 85.8 Å². The highest BCUT2D eigenvalue weighted by Crippen LogP contribution is 2.28. The maximum Gasteiger partial charge on any atom is 0.263 e. The van der Waals surface area contributed by atoms with Gasteiger partial charge in [0.05, 0.1) is 7.11 Å². The van der Waals surface area contributed by atoms with E-state index in [1.54, 1.807) is 13.3 Å². The molecule has 0 saturated heterocycles. The molecule has 0 aliphatic rings. The Labute approximate surface area is 186 Å². The monoisotopic (exact) mass is 425 g/mol. The van der Waals surface area contributed by atoms with Crippen molar-refractivity contribution < 1.29 is 9.53 Å². The Hall–Kier alpha value is -4.39. The van der Waals surface area contributed by atoms with Crippen molar-refractivity contribution in [3.63, 3.8) is 0 Å². The number of aryl methyl sites for hydroxylation is 1. The zero-order valence-corrected chi connectivity index (χ0v) is 17.8. The average Bonchev–Trinajstić information content (AvgIpc) is 3.23. The number of rotatable bonds is 7. The molecule has 0 atom stereocenters. The van der Waals surface area contributed by atoms with Crippen molar-refractivity contribution in [2.24, 2.45) is 4.99 Å². The number of nitrogens with zero attached hydrogens (tertiary/aromatic N) is 2. The van der Waals surface area contributed by atoms with Gasteiger partial charge in [0.2, 0.25) is 0 Å². The largest absolute Gasteiger partial charge is 0.497 e. The number of benzene rings is 3. The number of carbonyl (C=O) groups excluding carboxylic acids is 1. The lowest BCUT2D eigenvalue weighted by molar-refractivity contribution is 0.102. The Bertz CT molecular complexity index is 1210. The summed E-state index contributed by atoms with van der Waals surface area (Å²) in [7, 11) is 1.61. The molecule has 0 fully saturated rings. The van der Waals surface area contributed by atoms with Crippen LogP contribution in [0.1, 0.15) is 21.5 Å². The first kappa shape index (κ1) is 20.9. The molecule has 4 rings (SSSR count). The van der Waals surface area contributed by atoms with Crippen LogP contribution in [0.5, 0.6) is 5.75 Å². The van der Waals surface area contributed by atoms with Gasteiger partial charge >= 0.3 is 0 Å². The fraction of sp³-hybridized carbons (Fsp3) is 0.0800. The number of hydrogen-bond acceptors (Lipinski definition) is 5. The zero-order chi connectivity index (χ0) is 22.3. The normalized spacial score (nSPS) is 10.8. The summed E-state index contributed by atoms with van der Waals surface area (Å²) in [6.45, 7) is 1.99. The minimum atomic E-state index is -0.321. The highest BCUT2D eigenvalue weighted by Gasteiger charge is 2.21.